The molecule has 0 saturated carbocycles. The number of hydrogen-bond acceptors (Lipinski definition) is 1. The Balaban J connectivity index is -0.00000000500. The van der Waals surface area contributed by atoms with Gasteiger partial charge in [-0.25, -0.2) is 0 Å². The summed E-state index contributed by atoms with van der Waals surface area (Å²) in [4.78, 5) is 0. The molecule has 0 radical (unpaired) electrons. The summed E-state index contributed by atoms with van der Waals surface area (Å²) in [6, 6.07) is 0. The fourth-order valence-electron chi connectivity index (χ4n) is 0. The van der Waals surface area contributed by atoms with Crippen LogP contribution in [0.25, 0.3) is 0 Å². The van der Waals surface area contributed by atoms with E-state index in [1.165, 1.54) is 0 Å². The smallest absolute Gasteiger partial charge is 1.00 e. The summed E-state index contributed by atoms with van der Waals surface area (Å²) in [5.74, 6) is 0. The molecule has 0 amide bonds. The summed E-state index contributed by atoms with van der Waals surface area (Å²) in [6.45, 7) is 0. The fraction of sp³-hybridized carbons (Fsp3) is 0. The van der Waals surface area contributed by atoms with Crippen LogP contribution in [0.3, 0.4) is 0 Å². The molecular formula is I2OSi. The Morgan fingerprint density at radius 1 is 1.00 bits per heavy atom. The van der Waals surface area contributed by atoms with Crippen molar-refractivity contribution in [3.05, 3.63) is 0 Å². The first-order valence-corrected chi connectivity index (χ1v) is 0.612. The maximum atomic E-state index is 8.06. The Morgan fingerprint density at radius 2 is 1.00 bits per heavy atom. The third-order valence-corrected chi connectivity index (χ3v) is 0. The molecule has 0 aliphatic rings. The molecule has 0 saturated heterocycles. The number of hydrogen-bond donors (Lipinski definition) is 0. The van der Waals surface area contributed by atoms with Crippen LogP contribution in [0.5, 0.6) is 0 Å². The van der Waals surface area contributed by atoms with Crippen molar-refractivity contribution in [1.82, 2.24) is 0 Å². The Bertz CT molecular complexity index is 6.00. The fourth-order valence-corrected chi connectivity index (χ4v) is 0. The van der Waals surface area contributed by atoms with E-state index in [4.69, 9.17) is 4.46 Å². The van der Waals surface area contributed by atoms with Crippen molar-refractivity contribution in [3.63, 3.8) is 0 Å². The van der Waals surface area contributed by atoms with E-state index in [0.29, 0.717) is 0 Å². The van der Waals surface area contributed by atoms with Gasteiger partial charge >= 0.3 is 14.6 Å². The molecule has 0 N–H and O–H groups in total. The van der Waals surface area contributed by atoms with Gasteiger partial charge in [-0.2, -0.15) is 0 Å². The van der Waals surface area contributed by atoms with E-state index >= 15 is 0 Å². The molecule has 0 aromatic carbocycles. The van der Waals surface area contributed by atoms with Crippen molar-refractivity contribution in [3.8, 4) is 0 Å². The summed E-state index contributed by atoms with van der Waals surface area (Å²) in [6.07, 6.45) is 0. The summed E-state index contributed by atoms with van der Waals surface area (Å²) in [7, 11) is 1.72. The van der Waals surface area contributed by atoms with Crippen molar-refractivity contribution >= 4 is 10.1 Å². The molecular weight excluding hydrogens is 298 g/mol. The average molecular weight is 298 g/mol. The van der Waals surface area contributed by atoms with Gasteiger partial charge in [-0.3, -0.25) is 0 Å². The third-order valence-electron chi connectivity index (χ3n) is 0. The van der Waals surface area contributed by atoms with Gasteiger partial charge in [0.25, 0.3) is 0 Å². The van der Waals surface area contributed by atoms with E-state index in [2.05, 4.69) is 0 Å². The van der Waals surface area contributed by atoms with Crippen LogP contribution >= 0.6 is 0 Å². The van der Waals surface area contributed by atoms with Crippen LogP contribution in [-0.2, 0) is 4.46 Å². The maximum absolute atomic E-state index is 8.06. The minimum absolute atomic E-state index is 0. The van der Waals surface area contributed by atoms with Crippen LogP contribution in [0, 0.1) is 0 Å². The van der Waals surface area contributed by atoms with E-state index in [9.17, 15) is 0 Å². The largest absolute Gasteiger partial charge is 1.00 e. The van der Waals surface area contributed by atoms with Crippen LogP contribution in [-0.4, -0.2) is 10.1 Å². The number of rotatable bonds is 0. The van der Waals surface area contributed by atoms with Crippen molar-refractivity contribution in [1.29, 1.82) is 0 Å². The van der Waals surface area contributed by atoms with Gasteiger partial charge in [-0.05, 0) is 0 Å². The molecule has 0 fully saturated rings. The van der Waals surface area contributed by atoms with Gasteiger partial charge in [0, 0.05) is 0 Å². The Labute approximate surface area is 62.1 Å². The zero-order valence-electron chi connectivity index (χ0n) is 1.66. The molecule has 4 heteroatoms. The second-order valence-corrected chi connectivity index (χ2v) is 0. The van der Waals surface area contributed by atoms with Crippen molar-refractivity contribution < 1.29 is 52.4 Å². The first-order chi connectivity index (χ1) is 1.00. The van der Waals surface area contributed by atoms with Gasteiger partial charge in [0.1, 0.15) is 0 Å². The van der Waals surface area contributed by atoms with Crippen LogP contribution in [0.4, 0.5) is 0 Å². The van der Waals surface area contributed by atoms with Crippen LogP contribution < -0.4 is 48.0 Å². The Kier molecular flexibility index (Phi) is 111. The van der Waals surface area contributed by atoms with Gasteiger partial charge in [-0.15, -0.1) is 0 Å². The van der Waals surface area contributed by atoms with Crippen molar-refractivity contribution in [2.75, 3.05) is 0 Å². The normalized spacial score (nSPS) is 1.50. The molecule has 1 nitrogen and oxygen atoms in total. The summed E-state index contributed by atoms with van der Waals surface area (Å²) in [5.41, 5.74) is 0. The number of halogens is 2. The SMILES string of the molecule is O=[Si+2].[I-].[I-]. The van der Waals surface area contributed by atoms with Gasteiger partial charge in [-0.1, -0.05) is 0 Å². The molecule has 0 heterocycles. The minimum atomic E-state index is 0. The standard InChI is InChI=1S/2HI.OSi/c;;1-2/h2*1H;/q;;+2/p-2. The minimum Gasteiger partial charge on any atom is -1.00 e. The first kappa shape index (κ1) is 17.9. The Hall–Kier alpha value is 1.48. The van der Waals surface area contributed by atoms with E-state index in [-0.39, 0.29) is 48.0 Å². The zero-order chi connectivity index (χ0) is 2.00. The van der Waals surface area contributed by atoms with Gasteiger partial charge in [0.05, 0.1) is 0 Å². The molecule has 24 valence electrons. The summed E-state index contributed by atoms with van der Waals surface area (Å²) >= 11 is 0. The van der Waals surface area contributed by atoms with Gasteiger partial charge in [0.2, 0.25) is 0 Å². The topological polar surface area (TPSA) is 17.1 Å². The van der Waals surface area contributed by atoms with Crippen molar-refractivity contribution in [2.45, 2.75) is 0 Å². The van der Waals surface area contributed by atoms with E-state index in [1.54, 1.807) is 10.1 Å². The van der Waals surface area contributed by atoms with E-state index in [0.717, 1.165) is 0 Å². The maximum Gasteiger partial charge on any atom is -1.00 e. The molecule has 0 aromatic heterocycles. The predicted octanol–water partition coefficient (Wildman–Crippen LogP) is -6.49. The first-order valence-electron chi connectivity index (χ1n) is 0.204. The molecule has 4 heavy (non-hydrogen) atoms. The van der Waals surface area contributed by atoms with E-state index < -0.39 is 0 Å². The quantitative estimate of drug-likeness (QED) is 0.321. The van der Waals surface area contributed by atoms with Gasteiger partial charge in [0.15, 0.2) is 0 Å². The van der Waals surface area contributed by atoms with Crippen molar-refractivity contribution in [2.24, 2.45) is 0 Å². The molecule has 0 aliphatic carbocycles. The van der Waals surface area contributed by atoms with Crippen LogP contribution in [0.2, 0.25) is 0 Å². The molecule has 0 unspecified atom stereocenters. The van der Waals surface area contributed by atoms with Crippen LogP contribution in [0.1, 0.15) is 0 Å². The van der Waals surface area contributed by atoms with Crippen LogP contribution in [0.15, 0.2) is 0 Å². The second-order valence-electron chi connectivity index (χ2n) is 0. The van der Waals surface area contributed by atoms with E-state index in [1.807, 2.05) is 0 Å². The molecule has 0 aliphatic heterocycles. The molecule has 0 spiro atoms. The molecule has 0 atom stereocenters. The monoisotopic (exact) mass is 298 g/mol. The third kappa shape index (κ3) is 9.78. The zero-order valence-corrected chi connectivity index (χ0v) is 6.98. The second kappa shape index (κ2) is 24.8. The Morgan fingerprint density at radius 3 is 1.00 bits per heavy atom. The molecule has 0 rings (SSSR count). The molecule has 0 bridgehead atoms. The summed E-state index contributed by atoms with van der Waals surface area (Å²) in [5, 5.41) is 0. The molecule has 0 aromatic rings. The summed E-state index contributed by atoms with van der Waals surface area (Å²) < 4.78 is 8.06. The van der Waals surface area contributed by atoms with Gasteiger partial charge < -0.3 is 48.0 Å². The average Bonchev–Trinajstić information content (AvgIpc) is 1.00. The predicted molar refractivity (Wildman–Crippen MR) is 6.44 cm³/mol.